The summed E-state index contributed by atoms with van der Waals surface area (Å²) in [5, 5.41) is 2.36. The van der Waals surface area contributed by atoms with Crippen molar-refractivity contribution in [3.05, 3.63) is 0 Å². The highest BCUT2D eigenvalue weighted by atomic mass is 19.3. The number of nitrogens with one attached hydrogen (secondary N) is 1. The Morgan fingerprint density at radius 1 is 1.54 bits per heavy atom. The number of hydrogen-bond donors (Lipinski definition) is 1. The molecule has 2 unspecified atom stereocenters. The van der Waals surface area contributed by atoms with Crippen LogP contribution in [0.5, 0.6) is 0 Å². The van der Waals surface area contributed by atoms with E-state index in [0.717, 1.165) is 0 Å². The topological polar surface area (TPSA) is 29.1 Å². The van der Waals surface area contributed by atoms with E-state index in [9.17, 15) is 13.6 Å². The van der Waals surface area contributed by atoms with Crippen LogP contribution in [-0.2, 0) is 4.79 Å². The summed E-state index contributed by atoms with van der Waals surface area (Å²) in [7, 11) is 0. The molecule has 0 radical (unpaired) electrons. The number of carbonyl (C=O) groups is 1. The van der Waals surface area contributed by atoms with Gasteiger partial charge in [-0.1, -0.05) is 20.8 Å². The van der Waals surface area contributed by atoms with Gasteiger partial charge >= 0.3 is 5.92 Å². The molecule has 0 saturated carbocycles. The zero-order chi connectivity index (χ0) is 10.2. The van der Waals surface area contributed by atoms with Gasteiger partial charge in [0.25, 0.3) is 5.91 Å². The highest BCUT2D eigenvalue weighted by molar-refractivity contribution is 5.86. The van der Waals surface area contributed by atoms with Crippen LogP contribution in [0.2, 0.25) is 0 Å². The van der Waals surface area contributed by atoms with E-state index in [2.05, 4.69) is 5.32 Å². The van der Waals surface area contributed by atoms with E-state index in [-0.39, 0.29) is 12.0 Å². The second-order valence-corrected chi connectivity index (χ2v) is 3.88. The molecule has 1 aliphatic rings. The summed E-state index contributed by atoms with van der Waals surface area (Å²) in [6, 6.07) is -0.382. The van der Waals surface area contributed by atoms with Gasteiger partial charge in [0.1, 0.15) is 0 Å². The lowest BCUT2D eigenvalue weighted by Gasteiger charge is -2.22. The summed E-state index contributed by atoms with van der Waals surface area (Å²) in [5.41, 5.74) is 0. The van der Waals surface area contributed by atoms with E-state index in [1.54, 1.807) is 6.92 Å². The third-order valence-corrected chi connectivity index (χ3v) is 2.66. The molecule has 2 nitrogen and oxygen atoms in total. The molecule has 1 aliphatic heterocycles. The van der Waals surface area contributed by atoms with Gasteiger partial charge in [0, 0.05) is 6.04 Å². The van der Waals surface area contributed by atoms with Crippen LogP contribution in [0.4, 0.5) is 8.78 Å². The van der Waals surface area contributed by atoms with Crippen LogP contribution in [0.25, 0.3) is 0 Å². The van der Waals surface area contributed by atoms with Crippen molar-refractivity contribution in [2.24, 2.45) is 11.8 Å². The van der Waals surface area contributed by atoms with Crippen molar-refractivity contribution >= 4 is 5.91 Å². The molecule has 0 bridgehead atoms. The van der Waals surface area contributed by atoms with Gasteiger partial charge in [-0.2, -0.15) is 8.78 Å². The summed E-state index contributed by atoms with van der Waals surface area (Å²) in [4.78, 5) is 10.9. The highest BCUT2D eigenvalue weighted by Crippen LogP contribution is 2.37. The third-order valence-electron chi connectivity index (χ3n) is 2.66. The lowest BCUT2D eigenvalue weighted by atomic mass is 9.88. The fourth-order valence-corrected chi connectivity index (χ4v) is 1.88. The molecular formula is C9H15F2NO. The van der Waals surface area contributed by atoms with Crippen molar-refractivity contribution in [3.8, 4) is 0 Å². The van der Waals surface area contributed by atoms with Gasteiger partial charge < -0.3 is 5.32 Å². The Morgan fingerprint density at radius 2 is 2.08 bits per heavy atom. The summed E-state index contributed by atoms with van der Waals surface area (Å²) in [6.45, 7) is 5.37. The van der Waals surface area contributed by atoms with Crippen molar-refractivity contribution in [1.29, 1.82) is 0 Å². The lowest BCUT2D eigenvalue weighted by molar-refractivity contribution is -0.144. The standard InChI is InChI=1S/C9H15F2NO/c1-4-6-7(5(2)3)12-8(13)9(6,10)11/h5-7H,4H2,1-3H3,(H,12,13). The number of hydrogen-bond acceptors (Lipinski definition) is 1. The molecular weight excluding hydrogens is 176 g/mol. The average Bonchev–Trinajstić information content (AvgIpc) is 2.23. The van der Waals surface area contributed by atoms with Crippen molar-refractivity contribution in [1.82, 2.24) is 5.32 Å². The van der Waals surface area contributed by atoms with E-state index < -0.39 is 17.7 Å². The number of amides is 1. The predicted molar refractivity (Wildman–Crippen MR) is 45.5 cm³/mol. The molecule has 1 rings (SSSR count). The minimum absolute atomic E-state index is 0.0577. The summed E-state index contributed by atoms with van der Waals surface area (Å²) in [6.07, 6.45) is 0.328. The molecule has 1 saturated heterocycles. The van der Waals surface area contributed by atoms with E-state index in [4.69, 9.17) is 0 Å². The Hall–Kier alpha value is -0.670. The predicted octanol–water partition coefficient (Wildman–Crippen LogP) is 1.80. The molecule has 13 heavy (non-hydrogen) atoms. The van der Waals surface area contributed by atoms with Gasteiger partial charge in [-0.15, -0.1) is 0 Å². The first-order valence-corrected chi connectivity index (χ1v) is 4.60. The molecule has 0 aromatic heterocycles. The number of alkyl halides is 2. The highest BCUT2D eigenvalue weighted by Gasteiger charge is 2.56. The molecule has 1 N–H and O–H groups in total. The first kappa shape index (κ1) is 10.4. The monoisotopic (exact) mass is 191 g/mol. The number of halogens is 2. The van der Waals surface area contributed by atoms with Gasteiger partial charge in [-0.25, -0.2) is 0 Å². The molecule has 0 aliphatic carbocycles. The molecule has 1 amide bonds. The molecule has 1 fully saturated rings. The van der Waals surface area contributed by atoms with Gasteiger partial charge in [0.05, 0.1) is 5.92 Å². The minimum atomic E-state index is -3.18. The molecule has 4 heteroatoms. The van der Waals surface area contributed by atoms with Crippen LogP contribution in [0.3, 0.4) is 0 Å². The van der Waals surface area contributed by atoms with Gasteiger partial charge in [-0.3, -0.25) is 4.79 Å². The molecule has 2 atom stereocenters. The molecule has 1 heterocycles. The van der Waals surface area contributed by atoms with Gasteiger partial charge in [0.2, 0.25) is 0 Å². The molecule has 0 spiro atoms. The first-order chi connectivity index (χ1) is 5.91. The van der Waals surface area contributed by atoms with Crippen LogP contribution < -0.4 is 5.32 Å². The second kappa shape index (κ2) is 3.24. The van der Waals surface area contributed by atoms with Crippen LogP contribution in [0.1, 0.15) is 27.2 Å². The largest absolute Gasteiger partial charge is 0.347 e. The second-order valence-electron chi connectivity index (χ2n) is 3.88. The quantitative estimate of drug-likeness (QED) is 0.708. The Labute approximate surface area is 76.7 Å². The van der Waals surface area contributed by atoms with Gasteiger partial charge in [0.15, 0.2) is 0 Å². The minimum Gasteiger partial charge on any atom is -0.347 e. The third kappa shape index (κ3) is 1.54. The Morgan fingerprint density at radius 3 is 2.38 bits per heavy atom. The average molecular weight is 191 g/mol. The first-order valence-electron chi connectivity index (χ1n) is 4.60. The Kier molecular flexibility index (Phi) is 2.59. The fraction of sp³-hybridized carbons (Fsp3) is 0.889. The van der Waals surface area contributed by atoms with E-state index in [0.29, 0.717) is 6.42 Å². The molecule has 0 aromatic rings. The van der Waals surface area contributed by atoms with Crippen LogP contribution in [0.15, 0.2) is 0 Å². The van der Waals surface area contributed by atoms with E-state index in [1.807, 2.05) is 13.8 Å². The van der Waals surface area contributed by atoms with Crippen molar-refractivity contribution in [2.45, 2.75) is 39.2 Å². The van der Waals surface area contributed by atoms with Crippen LogP contribution >= 0.6 is 0 Å². The Bertz CT molecular complexity index is 216. The molecule has 76 valence electrons. The van der Waals surface area contributed by atoms with Crippen molar-refractivity contribution in [2.75, 3.05) is 0 Å². The van der Waals surface area contributed by atoms with Crippen LogP contribution in [0, 0.1) is 11.8 Å². The smallest absolute Gasteiger partial charge is 0.329 e. The van der Waals surface area contributed by atoms with Crippen LogP contribution in [-0.4, -0.2) is 17.9 Å². The molecule has 0 aromatic carbocycles. The van der Waals surface area contributed by atoms with Gasteiger partial charge in [-0.05, 0) is 12.3 Å². The summed E-state index contributed by atoms with van der Waals surface area (Å²) < 4.78 is 26.4. The maximum atomic E-state index is 13.2. The SMILES string of the molecule is CCC1C(C(C)C)NC(=O)C1(F)F. The lowest BCUT2D eigenvalue weighted by Crippen LogP contribution is -2.34. The normalized spacial score (nSPS) is 32.3. The summed E-state index contributed by atoms with van der Waals surface area (Å²) >= 11 is 0. The zero-order valence-corrected chi connectivity index (χ0v) is 8.10. The number of carbonyl (C=O) groups excluding carboxylic acids is 1. The van der Waals surface area contributed by atoms with Crippen molar-refractivity contribution < 1.29 is 13.6 Å². The van der Waals surface area contributed by atoms with E-state index in [1.165, 1.54) is 0 Å². The fourth-order valence-electron chi connectivity index (χ4n) is 1.88. The maximum absolute atomic E-state index is 13.2. The summed E-state index contributed by atoms with van der Waals surface area (Å²) in [5.74, 6) is -5.08. The maximum Gasteiger partial charge on any atom is 0.329 e. The van der Waals surface area contributed by atoms with Crippen molar-refractivity contribution in [3.63, 3.8) is 0 Å². The Balaban J connectivity index is 2.88. The number of rotatable bonds is 2. The zero-order valence-electron chi connectivity index (χ0n) is 8.10. The van der Waals surface area contributed by atoms with E-state index >= 15 is 0 Å².